The van der Waals surface area contributed by atoms with Crippen molar-refractivity contribution in [3.63, 3.8) is 0 Å². The van der Waals surface area contributed by atoms with Gasteiger partial charge in [0.05, 0.1) is 13.7 Å². The Morgan fingerprint density at radius 3 is 1.72 bits per heavy atom. The Kier molecular flexibility index (Phi) is 10.8. The number of amides is 3. The van der Waals surface area contributed by atoms with Gasteiger partial charge in [-0.25, -0.2) is 14.4 Å². The Bertz CT molecular complexity index is 411. The van der Waals surface area contributed by atoms with Gasteiger partial charge in [-0.1, -0.05) is 12.5 Å². The van der Waals surface area contributed by atoms with E-state index in [2.05, 4.69) is 10.1 Å². The molecule has 0 aliphatic rings. The van der Waals surface area contributed by atoms with Gasteiger partial charge in [0, 0.05) is 6.54 Å². The van der Waals surface area contributed by atoms with Gasteiger partial charge < -0.3 is 19.5 Å². The number of carbonyl (C=O) groups is 3. The van der Waals surface area contributed by atoms with Gasteiger partial charge in [0.1, 0.15) is 11.2 Å². The standard InChI is InChI=1S/C15H28N2O7.CH4/c1-14(2,3)23-12(19)17(13(20)24-15(4,5)6)22-10-8-9-16-11(18)21-7;/h8-10H2,1-7H3,(H,16,18);1H4. The van der Waals surface area contributed by atoms with E-state index in [1.807, 2.05) is 0 Å². The molecule has 3 amide bonds. The Balaban J connectivity index is 0. The summed E-state index contributed by atoms with van der Waals surface area (Å²) in [6.45, 7) is 10.2. The summed E-state index contributed by atoms with van der Waals surface area (Å²) in [5.74, 6) is 0. The summed E-state index contributed by atoms with van der Waals surface area (Å²) in [5.41, 5.74) is -1.60. The van der Waals surface area contributed by atoms with Crippen molar-refractivity contribution in [1.29, 1.82) is 0 Å². The second kappa shape index (κ2) is 10.8. The van der Waals surface area contributed by atoms with Gasteiger partial charge in [0.25, 0.3) is 0 Å². The predicted octanol–water partition coefficient (Wildman–Crippen LogP) is 3.47. The number of carbonyl (C=O) groups excluding carboxylic acids is 3. The van der Waals surface area contributed by atoms with Crippen LogP contribution in [0.5, 0.6) is 0 Å². The Labute approximate surface area is 149 Å². The van der Waals surface area contributed by atoms with E-state index in [4.69, 9.17) is 14.3 Å². The van der Waals surface area contributed by atoms with Gasteiger partial charge in [-0.3, -0.25) is 4.84 Å². The summed E-state index contributed by atoms with van der Waals surface area (Å²) in [7, 11) is 1.25. The Morgan fingerprint density at radius 1 is 0.920 bits per heavy atom. The van der Waals surface area contributed by atoms with Crippen molar-refractivity contribution in [3.8, 4) is 0 Å². The number of ether oxygens (including phenoxy) is 3. The lowest BCUT2D eigenvalue weighted by Crippen LogP contribution is -2.43. The summed E-state index contributed by atoms with van der Waals surface area (Å²) < 4.78 is 14.7. The fourth-order valence-corrected chi connectivity index (χ4v) is 1.28. The first kappa shape index (κ1) is 25.2. The molecule has 0 unspecified atom stereocenters. The van der Waals surface area contributed by atoms with Crippen molar-refractivity contribution in [2.45, 2.75) is 66.6 Å². The number of rotatable bonds is 5. The highest BCUT2D eigenvalue weighted by Gasteiger charge is 2.32. The van der Waals surface area contributed by atoms with Gasteiger partial charge in [-0.05, 0) is 48.0 Å². The quantitative estimate of drug-likeness (QED) is 0.452. The second-order valence-electron chi connectivity index (χ2n) is 6.86. The first-order valence-corrected chi connectivity index (χ1v) is 7.56. The predicted molar refractivity (Wildman–Crippen MR) is 92.0 cm³/mol. The highest BCUT2D eigenvalue weighted by Crippen LogP contribution is 2.14. The van der Waals surface area contributed by atoms with Gasteiger partial charge in [-0.15, -0.1) is 0 Å². The fraction of sp³-hybridized carbons (Fsp3) is 0.812. The highest BCUT2D eigenvalue weighted by atomic mass is 16.8. The Morgan fingerprint density at radius 2 is 1.36 bits per heavy atom. The van der Waals surface area contributed by atoms with E-state index in [0.29, 0.717) is 11.5 Å². The van der Waals surface area contributed by atoms with Crippen molar-refractivity contribution < 1.29 is 33.4 Å². The van der Waals surface area contributed by atoms with Crippen molar-refractivity contribution in [3.05, 3.63) is 0 Å². The molecule has 0 aromatic rings. The SMILES string of the molecule is C.COC(=O)NCCCON(C(=O)OC(C)(C)C)C(=O)OC(C)(C)C. The normalized spacial score (nSPS) is 11.0. The smallest absolute Gasteiger partial charge is 0.444 e. The molecule has 0 heterocycles. The maximum absolute atomic E-state index is 12.1. The van der Waals surface area contributed by atoms with Gasteiger partial charge in [0.2, 0.25) is 0 Å². The molecule has 0 saturated heterocycles. The number of methoxy groups -OCH3 is 1. The Hall–Kier alpha value is -2.03. The zero-order valence-electron chi connectivity index (χ0n) is 15.4. The van der Waals surface area contributed by atoms with Crippen LogP contribution in [0.4, 0.5) is 14.4 Å². The molecule has 1 N–H and O–H groups in total. The molecule has 0 radical (unpaired) electrons. The van der Waals surface area contributed by atoms with E-state index in [-0.39, 0.29) is 20.6 Å². The summed E-state index contributed by atoms with van der Waals surface area (Å²) in [6, 6.07) is 0. The molecular formula is C16H32N2O7. The topological polar surface area (TPSA) is 103 Å². The van der Waals surface area contributed by atoms with E-state index in [0.717, 1.165) is 0 Å². The molecular weight excluding hydrogens is 332 g/mol. The maximum atomic E-state index is 12.1. The minimum absolute atomic E-state index is 0. The minimum atomic E-state index is -0.974. The largest absolute Gasteiger partial charge is 0.453 e. The molecule has 25 heavy (non-hydrogen) atoms. The first-order valence-electron chi connectivity index (χ1n) is 7.56. The summed E-state index contributed by atoms with van der Waals surface area (Å²) in [4.78, 5) is 40.3. The molecule has 0 bridgehead atoms. The lowest BCUT2D eigenvalue weighted by atomic mass is 10.2. The molecule has 0 rings (SSSR count). The van der Waals surface area contributed by atoms with Crippen LogP contribution in [0.15, 0.2) is 0 Å². The van der Waals surface area contributed by atoms with Crippen molar-refractivity contribution >= 4 is 18.3 Å². The molecule has 0 aromatic carbocycles. The van der Waals surface area contributed by atoms with Crippen LogP contribution in [-0.2, 0) is 19.0 Å². The number of imide groups is 1. The van der Waals surface area contributed by atoms with Crippen LogP contribution in [0.25, 0.3) is 0 Å². The number of hydrogen-bond donors (Lipinski definition) is 1. The first-order chi connectivity index (χ1) is 10.9. The summed E-state index contributed by atoms with van der Waals surface area (Å²) in [5, 5.41) is 2.89. The number of alkyl carbamates (subject to hydrolysis) is 1. The van der Waals surface area contributed by atoms with Crippen molar-refractivity contribution in [2.75, 3.05) is 20.3 Å². The van der Waals surface area contributed by atoms with Gasteiger partial charge in [0.15, 0.2) is 0 Å². The van der Waals surface area contributed by atoms with Crippen LogP contribution >= 0.6 is 0 Å². The van der Waals surface area contributed by atoms with Gasteiger partial charge >= 0.3 is 18.3 Å². The van der Waals surface area contributed by atoms with E-state index >= 15 is 0 Å². The molecule has 0 saturated carbocycles. The van der Waals surface area contributed by atoms with Crippen LogP contribution in [0.3, 0.4) is 0 Å². The molecule has 0 aromatic heterocycles. The maximum Gasteiger partial charge on any atom is 0.444 e. The lowest BCUT2D eigenvalue weighted by Gasteiger charge is -2.27. The molecule has 0 aliphatic heterocycles. The molecule has 9 nitrogen and oxygen atoms in total. The number of hydroxylamine groups is 2. The monoisotopic (exact) mass is 364 g/mol. The third-order valence-corrected chi connectivity index (χ3v) is 2.11. The van der Waals surface area contributed by atoms with Crippen LogP contribution in [0, 0.1) is 0 Å². The van der Waals surface area contributed by atoms with Crippen molar-refractivity contribution in [2.24, 2.45) is 0 Å². The average molecular weight is 364 g/mol. The molecule has 148 valence electrons. The number of hydrogen-bond acceptors (Lipinski definition) is 7. The minimum Gasteiger partial charge on any atom is -0.453 e. The molecule has 9 heteroatoms. The number of nitrogens with zero attached hydrogens (tertiary/aromatic N) is 1. The lowest BCUT2D eigenvalue weighted by molar-refractivity contribution is -0.138. The van der Waals surface area contributed by atoms with Crippen LogP contribution in [-0.4, -0.2) is 54.8 Å². The molecule has 0 spiro atoms. The van der Waals surface area contributed by atoms with E-state index in [9.17, 15) is 14.4 Å². The number of nitrogens with one attached hydrogen (secondary N) is 1. The molecule has 0 fully saturated rings. The third-order valence-electron chi connectivity index (χ3n) is 2.11. The van der Waals surface area contributed by atoms with Crippen LogP contribution < -0.4 is 5.32 Å². The zero-order chi connectivity index (χ0) is 19.0. The zero-order valence-corrected chi connectivity index (χ0v) is 15.4. The van der Waals surface area contributed by atoms with Crippen LogP contribution in [0.1, 0.15) is 55.4 Å². The van der Waals surface area contributed by atoms with E-state index in [1.165, 1.54) is 7.11 Å². The molecule has 0 atom stereocenters. The second-order valence-corrected chi connectivity index (χ2v) is 6.86. The van der Waals surface area contributed by atoms with Crippen molar-refractivity contribution in [1.82, 2.24) is 10.4 Å². The summed E-state index contributed by atoms with van der Waals surface area (Å²) >= 11 is 0. The van der Waals surface area contributed by atoms with E-state index < -0.39 is 29.5 Å². The van der Waals surface area contributed by atoms with E-state index in [1.54, 1.807) is 41.5 Å². The van der Waals surface area contributed by atoms with Crippen LogP contribution in [0.2, 0.25) is 0 Å². The fourth-order valence-electron chi connectivity index (χ4n) is 1.28. The summed E-state index contributed by atoms with van der Waals surface area (Å²) in [6.07, 6.45) is -2.18. The van der Waals surface area contributed by atoms with Gasteiger partial charge in [-0.2, -0.15) is 0 Å². The average Bonchev–Trinajstić information content (AvgIpc) is 2.37. The molecule has 0 aliphatic carbocycles. The highest BCUT2D eigenvalue weighted by molar-refractivity contribution is 5.86. The third kappa shape index (κ3) is 13.0.